The molecule has 0 spiro atoms. The van der Waals surface area contributed by atoms with Gasteiger partial charge >= 0.3 is 5.97 Å². The highest BCUT2D eigenvalue weighted by Crippen LogP contribution is 2.22. The van der Waals surface area contributed by atoms with Gasteiger partial charge in [-0.25, -0.2) is 9.18 Å². The number of nitrogens with one attached hydrogen (secondary N) is 1. The number of halogens is 1. The number of aldehydes is 1. The fourth-order valence-corrected chi connectivity index (χ4v) is 1.29. The van der Waals surface area contributed by atoms with Gasteiger partial charge in [-0.15, -0.1) is 0 Å². The van der Waals surface area contributed by atoms with E-state index in [1.807, 2.05) is 0 Å². The van der Waals surface area contributed by atoms with Gasteiger partial charge < -0.3 is 10.1 Å². The predicted molar refractivity (Wildman–Crippen MR) is 57.4 cm³/mol. The number of ether oxygens (including phenoxy) is 1. The van der Waals surface area contributed by atoms with Crippen LogP contribution in [0, 0.1) is 5.82 Å². The lowest BCUT2D eigenvalue weighted by Crippen LogP contribution is -2.14. The van der Waals surface area contributed by atoms with Crippen LogP contribution in [0.25, 0.3) is 0 Å². The zero-order valence-corrected chi connectivity index (χ0v) is 9.24. The van der Waals surface area contributed by atoms with E-state index in [1.54, 1.807) is 0 Å². The average Bonchev–Trinajstić information content (AvgIpc) is 2.26. The summed E-state index contributed by atoms with van der Waals surface area (Å²) in [4.78, 5) is 32.8. The minimum absolute atomic E-state index is 0.0129. The Bertz CT molecular complexity index is 485. The third-order valence-corrected chi connectivity index (χ3v) is 1.95. The molecule has 0 bridgehead atoms. The number of amides is 1. The largest absolute Gasteiger partial charge is 0.465 e. The maximum atomic E-state index is 13.6. The number of hydrogen-bond acceptors (Lipinski definition) is 4. The van der Waals surface area contributed by atoms with Gasteiger partial charge in [0.15, 0.2) is 0 Å². The van der Waals surface area contributed by atoms with E-state index < -0.39 is 23.3 Å². The fourth-order valence-electron chi connectivity index (χ4n) is 1.29. The molecule has 1 rings (SSSR count). The van der Waals surface area contributed by atoms with Gasteiger partial charge in [-0.3, -0.25) is 9.59 Å². The summed E-state index contributed by atoms with van der Waals surface area (Å²) in [6.07, 6.45) is 0.412. The number of benzene rings is 1. The molecular weight excluding hydrogens is 229 g/mol. The molecule has 0 radical (unpaired) electrons. The van der Waals surface area contributed by atoms with E-state index in [0.29, 0.717) is 6.29 Å². The van der Waals surface area contributed by atoms with Crippen LogP contribution in [0.2, 0.25) is 0 Å². The van der Waals surface area contributed by atoms with Gasteiger partial charge in [0.1, 0.15) is 17.7 Å². The van der Waals surface area contributed by atoms with Crippen LogP contribution in [-0.4, -0.2) is 25.3 Å². The molecule has 1 aromatic rings. The highest BCUT2D eigenvalue weighted by molar-refractivity contribution is 6.02. The summed E-state index contributed by atoms with van der Waals surface area (Å²) in [5.74, 6) is -2.34. The summed E-state index contributed by atoms with van der Waals surface area (Å²) in [6.45, 7) is 1.20. The Balaban J connectivity index is 3.38. The van der Waals surface area contributed by atoms with Crippen molar-refractivity contribution in [1.29, 1.82) is 0 Å². The maximum absolute atomic E-state index is 13.6. The van der Waals surface area contributed by atoms with Gasteiger partial charge in [0.25, 0.3) is 0 Å². The molecule has 0 aliphatic heterocycles. The smallest absolute Gasteiger partial charge is 0.342 e. The van der Waals surface area contributed by atoms with E-state index in [1.165, 1.54) is 13.0 Å². The molecule has 1 N–H and O–H groups in total. The molecule has 0 aliphatic rings. The number of carbonyl (C=O) groups is 3. The van der Waals surface area contributed by atoms with Gasteiger partial charge in [0, 0.05) is 12.5 Å². The molecule has 0 heterocycles. The highest BCUT2D eigenvalue weighted by atomic mass is 19.1. The molecular formula is C11H10FNO4. The quantitative estimate of drug-likeness (QED) is 0.639. The van der Waals surface area contributed by atoms with E-state index in [2.05, 4.69) is 10.1 Å². The van der Waals surface area contributed by atoms with Gasteiger partial charge in [0.05, 0.1) is 12.8 Å². The lowest BCUT2D eigenvalue weighted by Gasteiger charge is -2.10. The summed E-state index contributed by atoms with van der Waals surface area (Å²) < 4.78 is 18.0. The molecule has 0 fully saturated rings. The van der Waals surface area contributed by atoms with Crippen molar-refractivity contribution in [2.24, 2.45) is 0 Å². The molecule has 6 heteroatoms. The molecule has 0 aliphatic carbocycles. The number of rotatable bonds is 3. The van der Waals surface area contributed by atoms with E-state index in [0.717, 1.165) is 13.2 Å². The van der Waals surface area contributed by atoms with Gasteiger partial charge in [0.2, 0.25) is 5.91 Å². The third-order valence-electron chi connectivity index (χ3n) is 1.95. The summed E-state index contributed by atoms with van der Waals surface area (Å²) >= 11 is 0. The van der Waals surface area contributed by atoms with E-state index in [-0.39, 0.29) is 11.3 Å². The molecule has 0 saturated carbocycles. The van der Waals surface area contributed by atoms with Gasteiger partial charge in [-0.2, -0.15) is 0 Å². The van der Waals surface area contributed by atoms with Crippen molar-refractivity contribution in [1.82, 2.24) is 0 Å². The van der Waals surface area contributed by atoms with Crippen LogP contribution < -0.4 is 5.32 Å². The summed E-state index contributed by atoms with van der Waals surface area (Å²) in [5, 5.41) is 2.27. The van der Waals surface area contributed by atoms with Crippen LogP contribution in [0.1, 0.15) is 27.6 Å². The number of esters is 1. The molecule has 0 atom stereocenters. The zero-order chi connectivity index (χ0) is 13.0. The topological polar surface area (TPSA) is 72.5 Å². The Kier molecular flexibility index (Phi) is 3.92. The second kappa shape index (κ2) is 5.20. The Morgan fingerprint density at radius 2 is 2.06 bits per heavy atom. The van der Waals surface area contributed by atoms with Crippen molar-refractivity contribution in [3.63, 3.8) is 0 Å². The third kappa shape index (κ3) is 2.87. The molecule has 90 valence electrons. The molecule has 0 aromatic heterocycles. The van der Waals surface area contributed by atoms with Crippen LogP contribution in [0.4, 0.5) is 10.1 Å². The summed E-state index contributed by atoms with van der Waals surface area (Å²) in [5.41, 5.74) is -0.487. The predicted octanol–water partition coefficient (Wildman–Crippen LogP) is 1.38. The van der Waals surface area contributed by atoms with E-state index in [4.69, 9.17) is 0 Å². The second-order valence-corrected chi connectivity index (χ2v) is 3.22. The van der Waals surface area contributed by atoms with Crippen molar-refractivity contribution in [3.8, 4) is 0 Å². The molecule has 0 unspecified atom stereocenters. The first-order valence-corrected chi connectivity index (χ1v) is 4.64. The highest BCUT2D eigenvalue weighted by Gasteiger charge is 2.19. The Morgan fingerprint density at radius 3 is 2.53 bits per heavy atom. The van der Waals surface area contributed by atoms with Crippen LogP contribution in [-0.2, 0) is 9.53 Å². The van der Waals surface area contributed by atoms with Gasteiger partial charge in [-0.1, -0.05) is 0 Å². The van der Waals surface area contributed by atoms with Crippen LogP contribution in [0.3, 0.4) is 0 Å². The van der Waals surface area contributed by atoms with Crippen LogP contribution >= 0.6 is 0 Å². The molecule has 5 nitrogen and oxygen atoms in total. The SMILES string of the molecule is COC(=O)c1c(F)cc(C=O)cc1NC(C)=O. The lowest BCUT2D eigenvalue weighted by molar-refractivity contribution is -0.114. The molecule has 0 saturated heterocycles. The van der Waals surface area contributed by atoms with Crippen molar-refractivity contribution in [2.75, 3.05) is 12.4 Å². The van der Waals surface area contributed by atoms with Crippen molar-refractivity contribution in [3.05, 3.63) is 29.1 Å². The first-order chi connectivity index (χ1) is 7.99. The van der Waals surface area contributed by atoms with Gasteiger partial charge in [-0.05, 0) is 12.1 Å². The summed E-state index contributed by atoms with van der Waals surface area (Å²) in [6, 6.07) is 2.09. The Hall–Kier alpha value is -2.24. The normalized spacial score (nSPS) is 9.59. The van der Waals surface area contributed by atoms with E-state index >= 15 is 0 Å². The van der Waals surface area contributed by atoms with Crippen molar-refractivity contribution in [2.45, 2.75) is 6.92 Å². The number of methoxy groups -OCH3 is 1. The zero-order valence-electron chi connectivity index (χ0n) is 9.24. The van der Waals surface area contributed by atoms with E-state index in [9.17, 15) is 18.8 Å². The Labute approximate surface area is 96.6 Å². The number of carbonyl (C=O) groups excluding carboxylic acids is 3. The molecule has 1 aromatic carbocycles. The second-order valence-electron chi connectivity index (χ2n) is 3.22. The Morgan fingerprint density at radius 1 is 1.41 bits per heavy atom. The van der Waals surface area contributed by atoms with Crippen molar-refractivity contribution < 1.29 is 23.5 Å². The first-order valence-electron chi connectivity index (χ1n) is 4.64. The monoisotopic (exact) mass is 239 g/mol. The fraction of sp³-hybridized carbons (Fsp3) is 0.182. The first kappa shape index (κ1) is 12.8. The standard InChI is InChI=1S/C11H10FNO4/c1-6(15)13-9-4-7(5-14)3-8(12)10(9)11(16)17-2/h3-5H,1-2H3,(H,13,15). The number of hydrogen-bond donors (Lipinski definition) is 1. The maximum Gasteiger partial charge on any atom is 0.342 e. The number of anilines is 1. The molecule has 17 heavy (non-hydrogen) atoms. The van der Waals surface area contributed by atoms with Crippen LogP contribution in [0.15, 0.2) is 12.1 Å². The average molecular weight is 239 g/mol. The molecule has 1 amide bonds. The minimum atomic E-state index is -0.927. The minimum Gasteiger partial charge on any atom is -0.465 e. The summed E-state index contributed by atoms with van der Waals surface area (Å²) in [7, 11) is 1.09. The van der Waals surface area contributed by atoms with Crippen molar-refractivity contribution >= 4 is 23.9 Å². The lowest BCUT2D eigenvalue weighted by atomic mass is 10.1. The van der Waals surface area contributed by atoms with Crippen LogP contribution in [0.5, 0.6) is 0 Å².